The molecular weight excluding hydrogens is 345 g/mol. The molecule has 0 N–H and O–H groups in total. The van der Waals surface area contributed by atoms with Gasteiger partial charge in [0.15, 0.2) is 0 Å². The molecule has 8 heteroatoms. The van der Waals surface area contributed by atoms with Gasteiger partial charge in [-0.2, -0.15) is 0 Å². The van der Waals surface area contributed by atoms with Crippen LogP contribution in [-0.4, -0.2) is 17.3 Å². The zero-order valence-corrected chi connectivity index (χ0v) is 15.6. The van der Waals surface area contributed by atoms with Gasteiger partial charge < -0.3 is 0 Å². The molecule has 0 bridgehead atoms. The topological polar surface area (TPSA) is 0 Å². The Morgan fingerprint density at radius 1 is 0.591 bits per heavy atom. The Kier molecular flexibility index (Phi) is 11.5. The number of hydrogen-bond acceptors (Lipinski definition) is 0. The minimum atomic E-state index is -10.7. The first kappa shape index (κ1) is 24.6. The van der Waals surface area contributed by atoms with E-state index in [1.54, 1.807) is 0 Å². The van der Waals surface area contributed by atoms with E-state index in [1.807, 2.05) is 0 Å². The monoisotopic (exact) mass is 376 g/mol. The molecule has 22 heavy (non-hydrogen) atoms. The molecule has 0 unspecified atom stereocenters. The zero-order valence-electron chi connectivity index (χ0n) is 13.9. The Balaban J connectivity index is 0. The maximum absolute atomic E-state index is 10.7. The van der Waals surface area contributed by atoms with Crippen LogP contribution in [0.2, 0.25) is 0 Å². The van der Waals surface area contributed by atoms with Crippen molar-refractivity contribution in [2.45, 2.75) is 72.1 Å². The molecule has 0 aromatic carbocycles. The molecule has 0 amide bonds. The van der Waals surface area contributed by atoms with Gasteiger partial charge in [-0.05, 0) is 37.6 Å². The van der Waals surface area contributed by atoms with Crippen molar-refractivity contribution in [2.24, 2.45) is 0 Å². The third kappa shape index (κ3) is 37.0. The van der Waals surface area contributed by atoms with Crippen LogP contribution >= 0.6 is 7.81 Å². The first-order valence-electron chi connectivity index (χ1n) is 8.00. The van der Waals surface area contributed by atoms with Crippen LogP contribution in [0.3, 0.4) is 0 Å². The van der Waals surface area contributed by atoms with Gasteiger partial charge in [0.2, 0.25) is 0 Å². The van der Waals surface area contributed by atoms with E-state index in [4.69, 9.17) is 0 Å². The third-order valence-electron chi connectivity index (χ3n) is 3.10. The summed E-state index contributed by atoms with van der Waals surface area (Å²) in [5, 5.41) is 0. The fourth-order valence-electron chi connectivity index (χ4n) is 1.93. The van der Waals surface area contributed by atoms with Gasteiger partial charge in [-0.1, -0.05) is 45.4 Å². The van der Waals surface area contributed by atoms with E-state index in [1.165, 1.54) is 68.6 Å². The average Bonchev–Trinajstić information content (AvgIpc) is 2.33. The van der Waals surface area contributed by atoms with E-state index in [-0.39, 0.29) is 0 Å². The van der Waals surface area contributed by atoms with E-state index in [0.29, 0.717) is 0 Å². The molecule has 0 saturated carbocycles. The van der Waals surface area contributed by atoms with Crippen molar-refractivity contribution in [3.63, 3.8) is 0 Å². The van der Waals surface area contributed by atoms with Gasteiger partial charge in [0.25, 0.3) is 0 Å². The Hall–Kier alpha value is 0.360. The maximum atomic E-state index is 9.87. The van der Waals surface area contributed by atoms with Crippen LogP contribution in [0.5, 0.6) is 0 Å². The molecule has 0 rings (SSSR count). The second-order valence-corrected chi connectivity index (χ2v) is 10.0. The molecule has 0 aliphatic rings. The molecule has 0 aliphatic heterocycles. The van der Waals surface area contributed by atoms with Crippen LogP contribution in [0.1, 0.15) is 72.1 Å². The van der Waals surface area contributed by atoms with Gasteiger partial charge in [-0.15, -0.1) is 0 Å². The van der Waals surface area contributed by atoms with Gasteiger partial charge in [-0.3, -0.25) is 0 Å². The van der Waals surface area contributed by atoms with Crippen molar-refractivity contribution in [3.8, 4) is 0 Å². The molecule has 0 aromatic heterocycles. The number of unbranched alkanes of at least 4 members (excludes halogenated alkanes) is 7. The van der Waals surface area contributed by atoms with Crippen molar-refractivity contribution >= 4 is 18.7 Å². The van der Waals surface area contributed by atoms with Crippen LogP contribution < -0.4 is 0 Å². The standard InChI is InChI=1S/C14H31S.F6P/c1-4-7-8-9-10-11-12-13-14-15(5-2)6-3;1-7(2,3,4,5)6/h4-14H2,1-3H3;/q+1;-1. The average molecular weight is 376 g/mol. The summed E-state index contributed by atoms with van der Waals surface area (Å²) < 4.78 is 59.2. The summed E-state index contributed by atoms with van der Waals surface area (Å²) >= 11 is 0. The zero-order chi connectivity index (χ0) is 17.8. The Labute approximate surface area is 134 Å². The number of halogens is 6. The SMILES string of the molecule is CCCCCCCCCC[S+](CC)CC.F[P-](F)(F)(F)(F)F. The second-order valence-electron chi connectivity index (χ2n) is 5.33. The molecule has 0 fully saturated rings. The first-order valence-corrected chi connectivity index (χ1v) is 11.8. The molecule has 0 radical (unpaired) electrons. The normalized spacial score (nSPS) is 15.0. The molecule has 0 heterocycles. The predicted octanol–water partition coefficient (Wildman–Crippen LogP) is 8.17. The van der Waals surface area contributed by atoms with E-state index >= 15 is 0 Å². The van der Waals surface area contributed by atoms with Crippen molar-refractivity contribution in [3.05, 3.63) is 0 Å². The van der Waals surface area contributed by atoms with Crippen LogP contribution in [-0.2, 0) is 10.9 Å². The van der Waals surface area contributed by atoms with Crippen LogP contribution in [0.15, 0.2) is 0 Å². The molecule has 0 atom stereocenters. The molecular formula is C14H31F6PS. The number of rotatable bonds is 11. The minimum absolute atomic E-state index is 0.751. The Bertz CT molecular complexity index is 248. The van der Waals surface area contributed by atoms with Gasteiger partial charge >= 0.3 is 33.0 Å². The summed E-state index contributed by atoms with van der Waals surface area (Å²) in [6, 6.07) is 0. The van der Waals surface area contributed by atoms with E-state index in [0.717, 1.165) is 10.9 Å². The van der Waals surface area contributed by atoms with E-state index in [2.05, 4.69) is 20.8 Å². The summed E-state index contributed by atoms with van der Waals surface area (Å²) in [6.45, 7) is 6.98. The molecule has 0 nitrogen and oxygen atoms in total. The van der Waals surface area contributed by atoms with Crippen molar-refractivity contribution in [2.75, 3.05) is 17.3 Å². The summed E-state index contributed by atoms with van der Waals surface area (Å²) in [4.78, 5) is 0. The molecule has 0 spiro atoms. The third-order valence-corrected chi connectivity index (χ3v) is 5.60. The second kappa shape index (κ2) is 10.3. The molecule has 0 aliphatic carbocycles. The Morgan fingerprint density at radius 3 is 1.23 bits per heavy atom. The summed E-state index contributed by atoms with van der Waals surface area (Å²) in [5.74, 6) is 4.32. The van der Waals surface area contributed by atoms with Crippen molar-refractivity contribution < 1.29 is 25.2 Å². The van der Waals surface area contributed by atoms with Gasteiger partial charge in [0.1, 0.15) is 17.3 Å². The van der Waals surface area contributed by atoms with Crippen LogP contribution in [0.4, 0.5) is 25.2 Å². The number of hydrogen-bond donors (Lipinski definition) is 0. The van der Waals surface area contributed by atoms with Crippen molar-refractivity contribution in [1.29, 1.82) is 0 Å². The molecule has 0 saturated heterocycles. The van der Waals surface area contributed by atoms with Crippen molar-refractivity contribution in [1.82, 2.24) is 0 Å². The summed E-state index contributed by atoms with van der Waals surface area (Å²) in [6.07, 6.45) is 11.7. The van der Waals surface area contributed by atoms with E-state index < -0.39 is 7.81 Å². The Morgan fingerprint density at radius 2 is 0.909 bits per heavy atom. The molecule has 0 aromatic rings. The van der Waals surface area contributed by atoms with Gasteiger partial charge in [-0.25, -0.2) is 0 Å². The summed E-state index contributed by atoms with van der Waals surface area (Å²) in [5.41, 5.74) is 0. The quantitative estimate of drug-likeness (QED) is 0.148. The van der Waals surface area contributed by atoms with Gasteiger partial charge in [0.05, 0.1) is 0 Å². The van der Waals surface area contributed by atoms with Gasteiger partial charge in [0, 0.05) is 0 Å². The van der Waals surface area contributed by atoms with Crippen LogP contribution in [0.25, 0.3) is 0 Å². The van der Waals surface area contributed by atoms with Crippen LogP contribution in [0, 0.1) is 0 Å². The fraction of sp³-hybridized carbons (Fsp3) is 1.00. The predicted molar refractivity (Wildman–Crippen MR) is 89.5 cm³/mol. The molecule has 140 valence electrons. The van der Waals surface area contributed by atoms with E-state index in [9.17, 15) is 25.2 Å². The first-order chi connectivity index (χ1) is 9.80. The fourth-order valence-corrected chi connectivity index (χ4v) is 3.53. The summed E-state index contributed by atoms with van der Waals surface area (Å²) in [7, 11) is -9.91.